The number of thioether (sulfide) groups is 1. The molecule has 146 valence electrons. The number of hydrogen-bond donors (Lipinski definition) is 1. The lowest BCUT2D eigenvalue weighted by molar-refractivity contribution is -0.113. The van der Waals surface area contributed by atoms with Gasteiger partial charge in [0.25, 0.3) is 5.56 Å². The lowest BCUT2D eigenvalue weighted by Gasteiger charge is -2.12. The number of amides is 1. The summed E-state index contributed by atoms with van der Waals surface area (Å²) in [5.74, 6) is -0.573. The number of nitrogens with one attached hydrogen (secondary N) is 1. The number of thiophene rings is 1. The number of aromatic nitrogens is 2. The molecule has 0 atom stereocenters. The lowest BCUT2D eigenvalue weighted by atomic mass is 9.97. The zero-order valence-electron chi connectivity index (χ0n) is 15.5. The van der Waals surface area contributed by atoms with E-state index in [9.17, 15) is 14.0 Å². The molecule has 1 aliphatic rings. The summed E-state index contributed by atoms with van der Waals surface area (Å²) in [4.78, 5) is 32.1. The number of rotatable bonds is 5. The van der Waals surface area contributed by atoms with Gasteiger partial charge in [-0.1, -0.05) is 17.8 Å². The van der Waals surface area contributed by atoms with Crippen molar-refractivity contribution in [2.24, 2.45) is 0 Å². The SMILES string of the molecule is CCn1c(SCC(=O)Nc2cccc(F)c2)nc2sc3c(c2c1=O)CCCC3. The summed E-state index contributed by atoms with van der Waals surface area (Å²) in [5.41, 5.74) is 1.57. The first kappa shape index (κ1) is 19.1. The smallest absolute Gasteiger partial charge is 0.263 e. The van der Waals surface area contributed by atoms with Gasteiger partial charge in [-0.3, -0.25) is 14.2 Å². The topological polar surface area (TPSA) is 64.0 Å². The van der Waals surface area contributed by atoms with Gasteiger partial charge in [-0.25, -0.2) is 9.37 Å². The first-order valence-corrected chi connectivity index (χ1v) is 11.1. The molecule has 0 bridgehead atoms. The Kier molecular flexibility index (Phi) is 5.50. The average molecular weight is 418 g/mol. The number of hydrogen-bond acceptors (Lipinski definition) is 5. The molecule has 1 N–H and O–H groups in total. The zero-order chi connectivity index (χ0) is 19.7. The van der Waals surface area contributed by atoms with Crippen LogP contribution in [-0.2, 0) is 24.2 Å². The van der Waals surface area contributed by atoms with Gasteiger partial charge >= 0.3 is 0 Å². The van der Waals surface area contributed by atoms with E-state index >= 15 is 0 Å². The molecule has 2 aromatic heterocycles. The Labute approximate surface area is 170 Å². The van der Waals surface area contributed by atoms with Gasteiger partial charge in [0, 0.05) is 17.1 Å². The summed E-state index contributed by atoms with van der Waals surface area (Å²) in [7, 11) is 0. The molecule has 3 aromatic rings. The van der Waals surface area contributed by atoms with Crippen LogP contribution in [0.1, 0.15) is 30.2 Å². The highest BCUT2D eigenvalue weighted by Crippen LogP contribution is 2.34. The van der Waals surface area contributed by atoms with E-state index in [1.165, 1.54) is 34.3 Å². The number of halogens is 1. The van der Waals surface area contributed by atoms with Gasteiger partial charge < -0.3 is 5.32 Å². The van der Waals surface area contributed by atoms with Crippen LogP contribution in [0.15, 0.2) is 34.2 Å². The maximum absolute atomic E-state index is 13.3. The average Bonchev–Trinajstić information content (AvgIpc) is 3.05. The van der Waals surface area contributed by atoms with Crippen LogP contribution in [0.4, 0.5) is 10.1 Å². The third kappa shape index (κ3) is 3.71. The van der Waals surface area contributed by atoms with Gasteiger partial charge in [-0.15, -0.1) is 11.3 Å². The monoisotopic (exact) mass is 417 g/mol. The van der Waals surface area contributed by atoms with E-state index < -0.39 is 5.82 Å². The highest BCUT2D eigenvalue weighted by molar-refractivity contribution is 7.99. The number of carbonyl (C=O) groups excluding carboxylic acids is 1. The van der Waals surface area contributed by atoms with Crippen molar-refractivity contribution in [3.63, 3.8) is 0 Å². The number of anilines is 1. The summed E-state index contributed by atoms with van der Waals surface area (Å²) in [6.45, 7) is 2.41. The highest BCUT2D eigenvalue weighted by Gasteiger charge is 2.22. The second kappa shape index (κ2) is 8.05. The van der Waals surface area contributed by atoms with Crippen molar-refractivity contribution in [3.05, 3.63) is 50.9 Å². The minimum Gasteiger partial charge on any atom is -0.325 e. The van der Waals surface area contributed by atoms with Crippen LogP contribution in [-0.4, -0.2) is 21.2 Å². The Bertz CT molecular complexity index is 1110. The lowest BCUT2D eigenvalue weighted by Crippen LogP contribution is -2.24. The first-order valence-electron chi connectivity index (χ1n) is 9.30. The van der Waals surface area contributed by atoms with Crippen LogP contribution in [0.2, 0.25) is 0 Å². The fraction of sp³-hybridized carbons (Fsp3) is 0.350. The Balaban J connectivity index is 1.58. The Morgan fingerprint density at radius 2 is 2.18 bits per heavy atom. The maximum Gasteiger partial charge on any atom is 0.263 e. The van der Waals surface area contributed by atoms with Crippen LogP contribution in [0.25, 0.3) is 10.2 Å². The molecule has 8 heteroatoms. The van der Waals surface area contributed by atoms with Crippen molar-refractivity contribution in [1.29, 1.82) is 0 Å². The summed E-state index contributed by atoms with van der Waals surface area (Å²) < 4.78 is 14.9. The molecule has 28 heavy (non-hydrogen) atoms. The predicted octanol–water partition coefficient (Wildman–Crippen LogP) is 4.23. The van der Waals surface area contributed by atoms with E-state index in [4.69, 9.17) is 4.98 Å². The van der Waals surface area contributed by atoms with E-state index in [2.05, 4.69) is 5.32 Å². The largest absolute Gasteiger partial charge is 0.325 e. The molecule has 0 aliphatic heterocycles. The molecule has 0 fully saturated rings. The molecular weight excluding hydrogens is 397 g/mol. The zero-order valence-corrected chi connectivity index (χ0v) is 17.1. The second-order valence-corrected chi connectivity index (χ2v) is 8.71. The Morgan fingerprint density at radius 3 is 2.96 bits per heavy atom. The van der Waals surface area contributed by atoms with Crippen molar-refractivity contribution in [3.8, 4) is 0 Å². The van der Waals surface area contributed by atoms with Crippen molar-refractivity contribution >= 4 is 44.9 Å². The van der Waals surface area contributed by atoms with E-state index in [1.807, 2.05) is 6.92 Å². The van der Waals surface area contributed by atoms with Gasteiger partial charge in [0.1, 0.15) is 10.6 Å². The fourth-order valence-electron chi connectivity index (χ4n) is 3.50. The number of nitrogens with zero attached hydrogens (tertiary/aromatic N) is 2. The maximum atomic E-state index is 13.3. The third-order valence-electron chi connectivity index (χ3n) is 4.80. The van der Waals surface area contributed by atoms with Crippen LogP contribution in [0.3, 0.4) is 0 Å². The van der Waals surface area contributed by atoms with Crippen molar-refractivity contribution in [1.82, 2.24) is 9.55 Å². The molecule has 0 spiro atoms. The van der Waals surface area contributed by atoms with E-state index in [-0.39, 0.29) is 17.2 Å². The molecule has 0 saturated heterocycles. The molecule has 2 heterocycles. The van der Waals surface area contributed by atoms with E-state index in [0.29, 0.717) is 17.4 Å². The number of benzene rings is 1. The Hall–Kier alpha value is -2.19. The first-order chi connectivity index (χ1) is 13.6. The van der Waals surface area contributed by atoms with Crippen molar-refractivity contribution in [2.45, 2.75) is 44.3 Å². The minimum absolute atomic E-state index is 0.0139. The van der Waals surface area contributed by atoms with Crippen LogP contribution in [0.5, 0.6) is 0 Å². The summed E-state index contributed by atoms with van der Waals surface area (Å²) >= 11 is 2.84. The normalized spacial score (nSPS) is 13.5. The van der Waals surface area contributed by atoms with Gasteiger partial charge in [0.05, 0.1) is 11.1 Å². The van der Waals surface area contributed by atoms with Gasteiger partial charge in [-0.05, 0) is 56.4 Å². The van der Waals surface area contributed by atoms with Crippen LogP contribution in [0, 0.1) is 5.82 Å². The molecule has 4 rings (SSSR count). The molecule has 0 radical (unpaired) electrons. The van der Waals surface area contributed by atoms with Crippen molar-refractivity contribution < 1.29 is 9.18 Å². The second-order valence-electron chi connectivity index (χ2n) is 6.68. The molecular formula is C20H20FN3O2S2. The molecule has 0 unspecified atom stereocenters. The van der Waals surface area contributed by atoms with Gasteiger partial charge in [-0.2, -0.15) is 0 Å². The third-order valence-corrected chi connectivity index (χ3v) is 6.96. The van der Waals surface area contributed by atoms with Crippen LogP contribution < -0.4 is 10.9 Å². The number of carbonyl (C=O) groups is 1. The number of fused-ring (bicyclic) bond motifs is 3. The quantitative estimate of drug-likeness (QED) is 0.499. The van der Waals surface area contributed by atoms with Gasteiger partial charge in [0.15, 0.2) is 5.16 Å². The predicted molar refractivity (Wildman–Crippen MR) is 112 cm³/mol. The van der Waals surface area contributed by atoms with E-state index in [1.54, 1.807) is 28.0 Å². The van der Waals surface area contributed by atoms with Crippen LogP contribution >= 0.6 is 23.1 Å². The molecule has 1 aromatic carbocycles. The highest BCUT2D eigenvalue weighted by atomic mass is 32.2. The summed E-state index contributed by atoms with van der Waals surface area (Å²) in [6.07, 6.45) is 4.23. The minimum atomic E-state index is -0.404. The number of aryl methyl sites for hydroxylation is 2. The summed E-state index contributed by atoms with van der Waals surface area (Å²) in [5, 5.41) is 3.98. The molecule has 1 aliphatic carbocycles. The fourth-order valence-corrected chi connectivity index (χ4v) is 5.67. The molecule has 5 nitrogen and oxygen atoms in total. The molecule has 0 saturated carbocycles. The summed E-state index contributed by atoms with van der Waals surface area (Å²) in [6, 6.07) is 5.77. The molecule has 1 amide bonds. The van der Waals surface area contributed by atoms with E-state index in [0.717, 1.165) is 35.9 Å². The standard InChI is InChI=1S/C20H20FN3O2S2/c1-2-24-19(26)17-14-8-3-4-9-15(14)28-18(17)23-20(24)27-11-16(25)22-13-7-5-6-12(21)10-13/h5-7,10H,2-4,8-9,11H2,1H3,(H,22,25). The van der Waals surface area contributed by atoms with Crippen molar-refractivity contribution in [2.75, 3.05) is 11.1 Å². The van der Waals surface area contributed by atoms with Gasteiger partial charge in [0.2, 0.25) is 5.91 Å². The Morgan fingerprint density at radius 1 is 1.36 bits per heavy atom.